The van der Waals surface area contributed by atoms with Gasteiger partial charge in [0, 0.05) is 31.0 Å². The van der Waals surface area contributed by atoms with Crippen LogP contribution in [0.2, 0.25) is 5.02 Å². The summed E-state index contributed by atoms with van der Waals surface area (Å²) in [5, 5.41) is 0.224. The zero-order valence-corrected chi connectivity index (χ0v) is 13.7. The number of aldehydes is 1. The molecule has 1 amide bonds. The van der Waals surface area contributed by atoms with Gasteiger partial charge in [-0.15, -0.1) is 0 Å². The first-order valence-electron chi connectivity index (χ1n) is 7.65. The maximum atomic E-state index is 12.6. The van der Waals surface area contributed by atoms with Gasteiger partial charge in [0.1, 0.15) is 18.1 Å². The smallest absolute Gasteiger partial charge is 0.272 e. The van der Waals surface area contributed by atoms with Crippen LogP contribution < -0.4 is 4.74 Å². The Labute approximate surface area is 144 Å². The second-order valence-corrected chi connectivity index (χ2v) is 5.86. The zero-order valence-electron chi connectivity index (χ0n) is 12.9. The minimum Gasteiger partial charge on any atom is -0.486 e. The SMILES string of the molecule is O=Cc1c(Cl)cncc1OCc1cccnc1C(=O)N1CCCC1. The molecule has 0 spiro atoms. The average Bonchev–Trinajstić information content (AvgIpc) is 3.14. The topological polar surface area (TPSA) is 72.4 Å². The summed E-state index contributed by atoms with van der Waals surface area (Å²) in [5.41, 5.74) is 1.27. The third-order valence-corrected chi connectivity index (χ3v) is 4.19. The van der Waals surface area contributed by atoms with Gasteiger partial charge < -0.3 is 9.64 Å². The Bertz CT molecular complexity index is 760. The maximum Gasteiger partial charge on any atom is 0.272 e. The standard InChI is InChI=1S/C17H16ClN3O3/c18-14-8-19-9-15(13(14)10-22)24-11-12-4-3-5-20-16(12)17(23)21-6-1-2-7-21/h3-5,8-10H,1-2,6-7,11H2. The number of nitrogens with zero attached hydrogens (tertiary/aromatic N) is 3. The summed E-state index contributed by atoms with van der Waals surface area (Å²) in [6, 6.07) is 3.53. The molecule has 0 N–H and O–H groups in total. The Morgan fingerprint density at radius 1 is 1.33 bits per heavy atom. The molecule has 3 heterocycles. The Morgan fingerprint density at radius 2 is 2.12 bits per heavy atom. The normalized spacial score (nSPS) is 13.8. The lowest BCUT2D eigenvalue weighted by atomic mass is 10.2. The number of carbonyl (C=O) groups excluding carboxylic acids is 2. The van der Waals surface area contributed by atoms with E-state index in [1.807, 2.05) is 0 Å². The molecule has 0 aliphatic carbocycles. The molecule has 0 atom stereocenters. The van der Waals surface area contributed by atoms with Crippen LogP contribution >= 0.6 is 11.6 Å². The molecule has 1 fully saturated rings. The number of aromatic nitrogens is 2. The third-order valence-electron chi connectivity index (χ3n) is 3.89. The van der Waals surface area contributed by atoms with E-state index >= 15 is 0 Å². The number of halogens is 1. The molecule has 3 rings (SSSR count). The molecule has 0 aromatic carbocycles. The van der Waals surface area contributed by atoms with Gasteiger partial charge in [0.15, 0.2) is 6.29 Å². The summed E-state index contributed by atoms with van der Waals surface area (Å²) in [7, 11) is 0. The predicted octanol–water partition coefficient (Wildman–Crippen LogP) is 2.76. The van der Waals surface area contributed by atoms with Crippen LogP contribution in [0, 0.1) is 0 Å². The molecule has 0 saturated carbocycles. The first kappa shape index (κ1) is 16.4. The van der Waals surface area contributed by atoms with E-state index in [0.29, 0.717) is 17.5 Å². The number of hydrogen-bond acceptors (Lipinski definition) is 5. The van der Waals surface area contributed by atoms with Crippen molar-refractivity contribution in [1.29, 1.82) is 0 Å². The molecule has 0 radical (unpaired) electrons. The van der Waals surface area contributed by atoms with Crippen LogP contribution in [-0.2, 0) is 6.61 Å². The van der Waals surface area contributed by atoms with Crippen LogP contribution in [-0.4, -0.2) is 40.2 Å². The number of amides is 1. The van der Waals surface area contributed by atoms with E-state index in [9.17, 15) is 9.59 Å². The van der Waals surface area contributed by atoms with Gasteiger partial charge in [-0.2, -0.15) is 0 Å². The lowest BCUT2D eigenvalue weighted by molar-refractivity contribution is 0.0783. The van der Waals surface area contributed by atoms with E-state index in [1.54, 1.807) is 23.2 Å². The molecule has 1 saturated heterocycles. The second-order valence-electron chi connectivity index (χ2n) is 5.45. The highest BCUT2D eigenvalue weighted by Gasteiger charge is 2.23. The number of hydrogen-bond donors (Lipinski definition) is 0. The fraction of sp³-hybridized carbons (Fsp3) is 0.294. The fourth-order valence-electron chi connectivity index (χ4n) is 2.63. The van der Waals surface area contributed by atoms with Crippen LogP contribution in [0.15, 0.2) is 30.7 Å². The fourth-order valence-corrected chi connectivity index (χ4v) is 2.82. The predicted molar refractivity (Wildman–Crippen MR) is 88.3 cm³/mol. The minimum atomic E-state index is -0.0912. The molecule has 1 aliphatic heterocycles. The molecule has 1 aliphatic rings. The Balaban J connectivity index is 1.80. The van der Waals surface area contributed by atoms with Crippen molar-refractivity contribution >= 4 is 23.8 Å². The van der Waals surface area contributed by atoms with Gasteiger partial charge >= 0.3 is 0 Å². The Kier molecular flexibility index (Phi) is 5.05. The van der Waals surface area contributed by atoms with E-state index in [2.05, 4.69) is 9.97 Å². The third kappa shape index (κ3) is 3.38. The first-order valence-corrected chi connectivity index (χ1v) is 8.03. The molecule has 7 heteroatoms. The molecule has 6 nitrogen and oxygen atoms in total. The van der Waals surface area contributed by atoms with Crippen molar-refractivity contribution < 1.29 is 14.3 Å². The van der Waals surface area contributed by atoms with Crippen molar-refractivity contribution in [3.05, 3.63) is 52.6 Å². The molecule has 124 valence electrons. The van der Waals surface area contributed by atoms with Gasteiger partial charge in [-0.25, -0.2) is 0 Å². The quantitative estimate of drug-likeness (QED) is 0.779. The van der Waals surface area contributed by atoms with Crippen LogP contribution in [0.5, 0.6) is 5.75 Å². The van der Waals surface area contributed by atoms with E-state index in [-0.39, 0.29) is 28.8 Å². The lowest BCUT2D eigenvalue weighted by Crippen LogP contribution is -2.29. The summed E-state index contributed by atoms with van der Waals surface area (Å²) in [6.07, 6.45) is 7.05. The summed E-state index contributed by atoms with van der Waals surface area (Å²) in [5.74, 6) is 0.187. The van der Waals surface area contributed by atoms with Crippen molar-refractivity contribution in [2.75, 3.05) is 13.1 Å². The zero-order chi connectivity index (χ0) is 16.9. The Morgan fingerprint density at radius 3 is 2.88 bits per heavy atom. The average molecular weight is 346 g/mol. The van der Waals surface area contributed by atoms with Gasteiger partial charge in [-0.1, -0.05) is 17.7 Å². The summed E-state index contributed by atoms with van der Waals surface area (Å²) in [4.78, 5) is 33.6. The van der Waals surface area contributed by atoms with Crippen LogP contribution in [0.25, 0.3) is 0 Å². The van der Waals surface area contributed by atoms with Crippen molar-refractivity contribution in [3.8, 4) is 5.75 Å². The van der Waals surface area contributed by atoms with Crippen molar-refractivity contribution in [1.82, 2.24) is 14.9 Å². The van der Waals surface area contributed by atoms with Crippen LogP contribution in [0.1, 0.15) is 39.3 Å². The maximum absolute atomic E-state index is 12.6. The van der Waals surface area contributed by atoms with Crippen molar-refractivity contribution in [2.24, 2.45) is 0 Å². The van der Waals surface area contributed by atoms with Gasteiger partial charge in [-0.3, -0.25) is 19.6 Å². The summed E-state index contributed by atoms with van der Waals surface area (Å²) in [6.45, 7) is 1.61. The minimum absolute atomic E-state index is 0.0912. The summed E-state index contributed by atoms with van der Waals surface area (Å²) >= 11 is 5.93. The number of rotatable bonds is 5. The van der Waals surface area contributed by atoms with Crippen LogP contribution in [0.4, 0.5) is 0 Å². The highest BCUT2D eigenvalue weighted by molar-refractivity contribution is 6.33. The number of carbonyl (C=O) groups is 2. The molecule has 0 bridgehead atoms. The molecule has 2 aromatic rings. The van der Waals surface area contributed by atoms with Crippen LogP contribution in [0.3, 0.4) is 0 Å². The van der Waals surface area contributed by atoms with Crippen molar-refractivity contribution in [2.45, 2.75) is 19.4 Å². The molecular formula is C17H16ClN3O3. The van der Waals surface area contributed by atoms with E-state index < -0.39 is 0 Å². The van der Waals surface area contributed by atoms with Gasteiger partial charge in [0.2, 0.25) is 0 Å². The van der Waals surface area contributed by atoms with E-state index in [0.717, 1.165) is 25.9 Å². The monoisotopic (exact) mass is 345 g/mol. The number of likely N-dealkylation sites (tertiary alicyclic amines) is 1. The second kappa shape index (κ2) is 7.40. The number of pyridine rings is 2. The highest BCUT2D eigenvalue weighted by atomic mass is 35.5. The van der Waals surface area contributed by atoms with E-state index in [1.165, 1.54) is 12.4 Å². The Hall–Kier alpha value is -2.47. The van der Waals surface area contributed by atoms with Gasteiger partial charge in [0.25, 0.3) is 5.91 Å². The molecule has 24 heavy (non-hydrogen) atoms. The largest absolute Gasteiger partial charge is 0.486 e. The van der Waals surface area contributed by atoms with E-state index in [4.69, 9.17) is 16.3 Å². The van der Waals surface area contributed by atoms with Gasteiger partial charge in [0.05, 0.1) is 16.8 Å². The van der Waals surface area contributed by atoms with Crippen molar-refractivity contribution in [3.63, 3.8) is 0 Å². The summed E-state index contributed by atoms with van der Waals surface area (Å²) < 4.78 is 5.66. The van der Waals surface area contributed by atoms with Gasteiger partial charge in [-0.05, 0) is 18.9 Å². The molecule has 2 aromatic heterocycles. The highest BCUT2D eigenvalue weighted by Crippen LogP contribution is 2.24. The first-order chi connectivity index (χ1) is 11.7. The lowest BCUT2D eigenvalue weighted by Gasteiger charge is -2.17. The number of ether oxygens (including phenoxy) is 1. The molecular weight excluding hydrogens is 330 g/mol. The molecule has 0 unspecified atom stereocenters.